The van der Waals surface area contributed by atoms with Crippen LogP contribution in [0.3, 0.4) is 0 Å². The van der Waals surface area contributed by atoms with E-state index >= 15 is 0 Å². The first-order valence-electron chi connectivity index (χ1n) is 20.3. The smallest absolute Gasteiger partial charge is 0.462 e. The molecule has 1 saturated heterocycles. The molecule has 3 atom stereocenters. The first-order chi connectivity index (χ1) is 24.6. The fraction of sp³-hybridized carbons (Fsp3) is 0.805. The first kappa shape index (κ1) is 47.3. The van der Waals surface area contributed by atoms with Gasteiger partial charge in [0, 0.05) is 12.8 Å². The molecule has 0 aliphatic carbocycles. The van der Waals surface area contributed by atoms with Crippen LogP contribution in [0.25, 0.3) is 0 Å². The zero-order valence-corrected chi connectivity index (χ0v) is 33.3. The topological polar surface area (TPSA) is 132 Å². The number of esters is 2. The van der Waals surface area contributed by atoms with Crippen LogP contribution in [0.2, 0.25) is 0 Å². The van der Waals surface area contributed by atoms with Gasteiger partial charge in [-0.15, -0.1) is 0 Å². The predicted molar refractivity (Wildman–Crippen MR) is 206 cm³/mol. The Bertz CT molecular complexity index is 1000. The van der Waals surface area contributed by atoms with Gasteiger partial charge in [0.05, 0.1) is 18.8 Å². The van der Waals surface area contributed by atoms with Crippen molar-refractivity contribution in [2.24, 2.45) is 5.92 Å². The lowest BCUT2D eigenvalue weighted by Gasteiger charge is -2.18. The third kappa shape index (κ3) is 32.6. The SMILES string of the molecule is CCCCCC1OC1C/C=C\C/C=C\C/C=C\CCCC(=O)O[C@H](COC(=O)CCCCCCCCCCCCCCC(C)C)COP(=O)(O)O. The number of phosphoric ester groups is 1. The molecule has 0 aromatic rings. The van der Waals surface area contributed by atoms with E-state index in [2.05, 4.69) is 55.7 Å². The fourth-order valence-corrected chi connectivity index (χ4v) is 6.24. The summed E-state index contributed by atoms with van der Waals surface area (Å²) in [4.78, 5) is 42.8. The van der Waals surface area contributed by atoms with E-state index in [1.807, 2.05) is 6.08 Å². The van der Waals surface area contributed by atoms with E-state index in [1.165, 1.54) is 89.9 Å². The highest BCUT2D eigenvalue weighted by molar-refractivity contribution is 7.46. The largest absolute Gasteiger partial charge is 0.469 e. The highest BCUT2D eigenvalue weighted by Crippen LogP contribution is 2.36. The molecule has 1 aliphatic heterocycles. The van der Waals surface area contributed by atoms with Crippen LogP contribution in [0, 0.1) is 5.92 Å². The summed E-state index contributed by atoms with van der Waals surface area (Å²) in [6.07, 6.45) is 37.6. The summed E-state index contributed by atoms with van der Waals surface area (Å²) in [5.41, 5.74) is 0. The molecule has 1 heterocycles. The monoisotopic (exact) mass is 740 g/mol. The van der Waals surface area contributed by atoms with E-state index in [0.717, 1.165) is 44.4 Å². The maximum absolute atomic E-state index is 12.4. The van der Waals surface area contributed by atoms with Crippen LogP contribution in [0.4, 0.5) is 0 Å². The summed E-state index contributed by atoms with van der Waals surface area (Å²) in [7, 11) is -4.77. The van der Waals surface area contributed by atoms with E-state index in [4.69, 9.17) is 24.0 Å². The Morgan fingerprint density at radius 2 is 1.25 bits per heavy atom. The van der Waals surface area contributed by atoms with Crippen molar-refractivity contribution in [1.29, 1.82) is 0 Å². The standard InChI is InChI=1S/C41H73O9P/c1-4-5-24-30-38-39(50-38)31-26-21-17-13-10-11-15-19-23-28-33-41(43)49-37(35-48-51(44,45)46)34-47-40(42)32-27-22-18-14-9-7-6-8-12-16-20-25-29-36(2)3/h10,13,15,19,21,26,36-39H,4-9,11-12,14,16-18,20,22-25,27-35H2,1-3H3,(H2,44,45,46)/b13-10-,19-15-,26-21-/t37-,38?,39?/m1/s1. The molecule has 0 aromatic heterocycles. The molecule has 0 saturated carbocycles. The van der Waals surface area contributed by atoms with Gasteiger partial charge in [-0.2, -0.15) is 0 Å². The van der Waals surface area contributed by atoms with Gasteiger partial charge in [0.1, 0.15) is 6.61 Å². The first-order valence-corrected chi connectivity index (χ1v) is 21.8. The Kier molecular flexibility index (Phi) is 29.4. The summed E-state index contributed by atoms with van der Waals surface area (Å²) < 4.78 is 32.0. The van der Waals surface area contributed by atoms with Crippen molar-refractivity contribution >= 4 is 19.8 Å². The Balaban J connectivity index is 2.11. The van der Waals surface area contributed by atoms with Crippen molar-refractivity contribution in [3.63, 3.8) is 0 Å². The maximum Gasteiger partial charge on any atom is 0.469 e. The van der Waals surface area contributed by atoms with E-state index < -0.39 is 32.5 Å². The normalized spacial score (nSPS) is 16.9. The van der Waals surface area contributed by atoms with Gasteiger partial charge in [0.2, 0.25) is 0 Å². The molecule has 0 aromatic carbocycles. The van der Waals surface area contributed by atoms with Crippen LogP contribution in [-0.4, -0.2) is 53.3 Å². The van der Waals surface area contributed by atoms with Gasteiger partial charge in [0.25, 0.3) is 0 Å². The second-order valence-corrected chi connectivity index (χ2v) is 15.7. The van der Waals surface area contributed by atoms with Gasteiger partial charge in [-0.25, -0.2) is 4.57 Å². The van der Waals surface area contributed by atoms with Crippen molar-refractivity contribution in [3.05, 3.63) is 36.5 Å². The minimum absolute atomic E-state index is 0.133. The molecule has 0 amide bonds. The number of hydrogen-bond acceptors (Lipinski definition) is 7. The second kappa shape index (κ2) is 31.7. The van der Waals surface area contributed by atoms with Crippen molar-refractivity contribution in [1.82, 2.24) is 0 Å². The van der Waals surface area contributed by atoms with E-state index in [-0.39, 0.29) is 19.4 Å². The number of allylic oxidation sites excluding steroid dienone is 5. The van der Waals surface area contributed by atoms with Gasteiger partial charge in [-0.1, -0.05) is 154 Å². The quantitative estimate of drug-likeness (QED) is 0.0214. The molecule has 0 bridgehead atoms. The highest BCUT2D eigenvalue weighted by Gasteiger charge is 2.36. The van der Waals surface area contributed by atoms with E-state index in [9.17, 15) is 14.2 Å². The zero-order chi connectivity index (χ0) is 37.4. The lowest BCUT2D eigenvalue weighted by molar-refractivity contribution is -0.161. The van der Waals surface area contributed by atoms with E-state index in [1.54, 1.807) is 0 Å². The number of phosphoric acid groups is 1. The number of carbonyl (C=O) groups is 2. The number of ether oxygens (including phenoxy) is 3. The second-order valence-electron chi connectivity index (χ2n) is 14.5. The number of unbranched alkanes of at least 4 members (excludes halogenated alkanes) is 14. The summed E-state index contributed by atoms with van der Waals surface area (Å²) >= 11 is 0. The van der Waals surface area contributed by atoms with Crippen LogP contribution in [0.5, 0.6) is 0 Å². The summed E-state index contributed by atoms with van der Waals surface area (Å²) in [5, 5.41) is 0. The lowest BCUT2D eigenvalue weighted by atomic mass is 10.0. The molecule has 1 rings (SSSR count). The number of rotatable bonds is 35. The third-order valence-electron chi connectivity index (χ3n) is 9.01. The summed E-state index contributed by atoms with van der Waals surface area (Å²) in [6.45, 7) is 5.93. The average molecular weight is 741 g/mol. The number of hydrogen-bond donors (Lipinski definition) is 2. The highest BCUT2D eigenvalue weighted by atomic mass is 31.2. The van der Waals surface area contributed by atoms with Gasteiger partial charge < -0.3 is 24.0 Å². The minimum Gasteiger partial charge on any atom is -0.462 e. The average Bonchev–Trinajstić information content (AvgIpc) is 3.83. The molecule has 2 N–H and O–H groups in total. The van der Waals surface area contributed by atoms with Crippen molar-refractivity contribution in [3.8, 4) is 0 Å². The molecule has 2 unspecified atom stereocenters. The van der Waals surface area contributed by atoms with Crippen LogP contribution in [0.1, 0.15) is 175 Å². The molecule has 296 valence electrons. The summed E-state index contributed by atoms with van der Waals surface area (Å²) in [5.74, 6) is -0.138. The molecular formula is C41H73O9P. The van der Waals surface area contributed by atoms with Crippen LogP contribution in [-0.2, 0) is 32.9 Å². The predicted octanol–water partition coefficient (Wildman–Crippen LogP) is 11.0. The van der Waals surface area contributed by atoms with Crippen molar-refractivity contribution in [2.75, 3.05) is 13.2 Å². The molecule has 1 aliphatic rings. The summed E-state index contributed by atoms with van der Waals surface area (Å²) in [6, 6.07) is 0. The van der Waals surface area contributed by atoms with Gasteiger partial charge >= 0.3 is 19.8 Å². The molecule has 0 radical (unpaired) electrons. The van der Waals surface area contributed by atoms with Gasteiger partial charge in [-0.05, 0) is 50.9 Å². The van der Waals surface area contributed by atoms with Crippen LogP contribution < -0.4 is 0 Å². The number of epoxide rings is 1. The Morgan fingerprint density at radius 3 is 1.86 bits per heavy atom. The maximum atomic E-state index is 12.4. The Hall–Kier alpha value is -1.77. The van der Waals surface area contributed by atoms with Crippen molar-refractivity contribution < 1.29 is 42.7 Å². The van der Waals surface area contributed by atoms with Gasteiger partial charge in [0.15, 0.2) is 6.10 Å². The van der Waals surface area contributed by atoms with Crippen LogP contribution >= 0.6 is 7.82 Å². The molecular weight excluding hydrogens is 667 g/mol. The van der Waals surface area contributed by atoms with Crippen LogP contribution in [0.15, 0.2) is 36.5 Å². The third-order valence-corrected chi connectivity index (χ3v) is 9.50. The van der Waals surface area contributed by atoms with E-state index in [0.29, 0.717) is 25.0 Å². The Morgan fingerprint density at radius 1 is 0.686 bits per heavy atom. The Labute approximate surface area is 310 Å². The fourth-order valence-electron chi connectivity index (χ4n) is 5.88. The molecule has 51 heavy (non-hydrogen) atoms. The van der Waals surface area contributed by atoms with Crippen molar-refractivity contribution in [2.45, 2.75) is 193 Å². The lowest BCUT2D eigenvalue weighted by Crippen LogP contribution is -2.29. The molecule has 9 nitrogen and oxygen atoms in total. The molecule has 0 spiro atoms. The number of carbonyl (C=O) groups excluding carboxylic acids is 2. The molecule has 10 heteroatoms. The van der Waals surface area contributed by atoms with Gasteiger partial charge in [-0.3, -0.25) is 14.1 Å². The minimum atomic E-state index is -4.77. The zero-order valence-electron chi connectivity index (χ0n) is 32.4. The molecule has 1 fully saturated rings.